The molecule has 0 aromatic heterocycles. The summed E-state index contributed by atoms with van der Waals surface area (Å²) in [6, 6.07) is 7.43. The van der Waals surface area contributed by atoms with Crippen molar-refractivity contribution in [1.29, 1.82) is 0 Å². The number of urea groups is 1. The molecule has 0 bridgehead atoms. The molecule has 18 heavy (non-hydrogen) atoms. The summed E-state index contributed by atoms with van der Waals surface area (Å²) in [5, 5.41) is 11.5. The fourth-order valence-corrected chi connectivity index (χ4v) is 2.19. The van der Waals surface area contributed by atoms with Crippen molar-refractivity contribution in [1.82, 2.24) is 5.32 Å². The number of nitrogens with one attached hydrogen (secondary N) is 1. The van der Waals surface area contributed by atoms with Crippen LogP contribution in [0.5, 0.6) is 0 Å². The normalized spacial score (nSPS) is 19.5. The number of anilines is 1. The first-order valence-electron chi connectivity index (χ1n) is 5.90. The summed E-state index contributed by atoms with van der Waals surface area (Å²) in [6.45, 7) is 2.81. The Balaban J connectivity index is 2.18. The van der Waals surface area contributed by atoms with E-state index in [-0.39, 0.29) is 18.4 Å². The number of para-hydroxylation sites is 1. The molecule has 1 fully saturated rings. The van der Waals surface area contributed by atoms with E-state index in [0.29, 0.717) is 13.1 Å². The minimum atomic E-state index is -0.833. The van der Waals surface area contributed by atoms with Crippen molar-refractivity contribution in [3.05, 3.63) is 29.8 Å². The Morgan fingerprint density at radius 2 is 2.22 bits per heavy atom. The predicted molar refractivity (Wildman–Crippen MR) is 67.7 cm³/mol. The quantitative estimate of drug-likeness (QED) is 0.853. The standard InChI is InChI=1S/C13H16N2O3/c1-9-4-2-3-5-11(9)15-8-10(6-12(16)17)7-14-13(15)18/h2-5,10H,6-8H2,1H3,(H,14,18)(H,16,17). The third-order valence-corrected chi connectivity index (χ3v) is 3.10. The lowest BCUT2D eigenvalue weighted by molar-refractivity contribution is -0.138. The van der Waals surface area contributed by atoms with Gasteiger partial charge < -0.3 is 10.4 Å². The number of aryl methyl sites for hydroxylation is 1. The van der Waals surface area contributed by atoms with Crippen LogP contribution < -0.4 is 10.2 Å². The molecule has 96 valence electrons. The molecule has 1 aliphatic rings. The van der Waals surface area contributed by atoms with E-state index < -0.39 is 5.97 Å². The van der Waals surface area contributed by atoms with Crippen LogP contribution in [0, 0.1) is 12.8 Å². The predicted octanol–water partition coefficient (Wildman–Crippen LogP) is 1.62. The van der Waals surface area contributed by atoms with Crippen molar-refractivity contribution >= 4 is 17.7 Å². The van der Waals surface area contributed by atoms with Crippen LogP contribution in [-0.4, -0.2) is 30.2 Å². The molecule has 5 heteroatoms. The Labute approximate surface area is 105 Å². The van der Waals surface area contributed by atoms with Crippen LogP contribution in [0.2, 0.25) is 0 Å². The van der Waals surface area contributed by atoms with Gasteiger partial charge in [-0.1, -0.05) is 18.2 Å². The van der Waals surface area contributed by atoms with E-state index in [4.69, 9.17) is 5.11 Å². The lowest BCUT2D eigenvalue weighted by atomic mass is 10.0. The summed E-state index contributed by atoms with van der Waals surface area (Å²) >= 11 is 0. The van der Waals surface area contributed by atoms with Gasteiger partial charge in [0, 0.05) is 24.7 Å². The van der Waals surface area contributed by atoms with Crippen molar-refractivity contribution in [2.45, 2.75) is 13.3 Å². The van der Waals surface area contributed by atoms with Crippen LogP contribution in [0.15, 0.2) is 24.3 Å². The van der Waals surface area contributed by atoms with Gasteiger partial charge in [-0.05, 0) is 18.6 Å². The summed E-state index contributed by atoms with van der Waals surface area (Å²) in [7, 11) is 0. The zero-order chi connectivity index (χ0) is 13.1. The van der Waals surface area contributed by atoms with Gasteiger partial charge in [0.05, 0.1) is 6.42 Å². The number of benzene rings is 1. The first kappa shape index (κ1) is 12.4. The molecule has 2 rings (SSSR count). The molecule has 1 unspecified atom stereocenters. The molecule has 1 aromatic rings. The largest absolute Gasteiger partial charge is 0.481 e. The van der Waals surface area contributed by atoms with Crippen LogP contribution in [0.3, 0.4) is 0 Å². The van der Waals surface area contributed by atoms with Crippen molar-refractivity contribution in [2.75, 3.05) is 18.0 Å². The molecule has 2 N–H and O–H groups in total. The minimum absolute atomic E-state index is 0.0557. The number of hydrogen-bond donors (Lipinski definition) is 2. The van der Waals surface area contributed by atoms with E-state index >= 15 is 0 Å². The summed E-state index contributed by atoms with van der Waals surface area (Å²) in [4.78, 5) is 24.2. The molecular formula is C13H16N2O3. The van der Waals surface area contributed by atoms with E-state index in [2.05, 4.69) is 5.32 Å². The van der Waals surface area contributed by atoms with Crippen LogP contribution in [0.25, 0.3) is 0 Å². The Morgan fingerprint density at radius 3 is 2.89 bits per heavy atom. The average molecular weight is 248 g/mol. The highest BCUT2D eigenvalue weighted by molar-refractivity contribution is 5.93. The fraction of sp³-hybridized carbons (Fsp3) is 0.385. The lowest BCUT2D eigenvalue weighted by Gasteiger charge is -2.33. The molecule has 0 saturated carbocycles. The van der Waals surface area contributed by atoms with Crippen molar-refractivity contribution < 1.29 is 14.7 Å². The zero-order valence-corrected chi connectivity index (χ0v) is 10.2. The first-order chi connectivity index (χ1) is 8.58. The molecule has 5 nitrogen and oxygen atoms in total. The second kappa shape index (κ2) is 5.08. The van der Waals surface area contributed by atoms with Gasteiger partial charge >= 0.3 is 12.0 Å². The second-order valence-corrected chi connectivity index (χ2v) is 4.55. The molecular weight excluding hydrogens is 232 g/mol. The highest BCUT2D eigenvalue weighted by Crippen LogP contribution is 2.23. The first-order valence-corrected chi connectivity index (χ1v) is 5.90. The van der Waals surface area contributed by atoms with E-state index in [0.717, 1.165) is 11.3 Å². The van der Waals surface area contributed by atoms with Crippen LogP contribution in [0.1, 0.15) is 12.0 Å². The number of hydrogen-bond acceptors (Lipinski definition) is 2. The monoisotopic (exact) mass is 248 g/mol. The molecule has 0 radical (unpaired) electrons. The molecule has 1 saturated heterocycles. The van der Waals surface area contributed by atoms with Crippen molar-refractivity contribution in [2.24, 2.45) is 5.92 Å². The SMILES string of the molecule is Cc1ccccc1N1CC(CC(=O)O)CNC1=O. The van der Waals surface area contributed by atoms with Gasteiger partial charge in [-0.2, -0.15) is 0 Å². The van der Waals surface area contributed by atoms with E-state index in [1.54, 1.807) is 4.90 Å². The Hall–Kier alpha value is -2.04. The molecule has 1 heterocycles. The Bertz CT molecular complexity index is 473. The lowest BCUT2D eigenvalue weighted by Crippen LogP contribution is -2.51. The van der Waals surface area contributed by atoms with Crippen LogP contribution in [0.4, 0.5) is 10.5 Å². The highest BCUT2D eigenvalue weighted by atomic mass is 16.4. The zero-order valence-electron chi connectivity index (χ0n) is 10.2. The van der Waals surface area contributed by atoms with Gasteiger partial charge in [0.1, 0.15) is 0 Å². The highest BCUT2D eigenvalue weighted by Gasteiger charge is 2.28. The van der Waals surface area contributed by atoms with E-state index in [1.807, 2.05) is 31.2 Å². The van der Waals surface area contributed by atoms with E-state index in [1.165, 1.54) is 0 Å². The van der Waals surface area contributed by atoms with Gasteiger partial charge in [-0.15, -0.1) is 0 Å². The number of carbonyl (C=O) groups is 2. The number of carboxylic acid groups (broad SMARTS) is 1. The Morgan fingerprint density at radius 1 is 1.50 bits per heavy atom. The number of aliphatic carboxylic acids is 1. The smallest absolute Gasteiger partial charge is 0.321 e. The fourth-order valence-electron chi connectivity index (χ4n) is 2.19. The minimum Gasteiger partial charge on any atom is -0.481 e. The van der Waals surface area contributed by atoms with Gasteiger partial charge in [-0.3, -0.25) is 9.69 Å². The maximum Gasteiger partial charge on any atom is 0.321 e. The van der Waals surface area contributed by atoms with Gasteiger partial charge in [0.2, 0.25) is 0 Å². The number of rotatable bonds is 3. The third-order valence-electron chi connectivity index (χ3n) is 3.10. The molecule has 0 aliphatic carbocycles. The summed E-state index contributed by atoms with van der Waals surface area (Å²) in [5.74, 6) is -0.888. The second-order valence-electron chi connectivity index (χ2n) is 4.55. The van der Waals surface area contributed by atoms with Gasteiger partial charge in [0.25, 0.3) is 0 Å². The number of nitrogens with zero attached hydrogens (tertiary/aromatic N) is 1. The molecule has 1 aromatic carbocycles. The number of carboxylic acids is 1. The van der Waals surface area contributed by atoms with Gasteiger partial charge in [-0.25, -0.2) is 4.79 Å². The number of amides is 2. The van der Waals surface area contributed by atoms with Crippen molar-refractivity contribution in [3.63, 3.8) is 0 Å². The van der Waals surface area contributed by atoms with E-state index in [9.17, 15) is 9.59 Å². The molecule has 1 aliphatic heterocycles. The maximum atomic E-state index is 11.8. The molecule has 1 atom stereocenters. The van der Waals surface area contributed by atoms with Crippen LogP contribution in [-0.2, 0) is 4.79 Å². The van der Waals surface area contributed by atoms with Gasteiger partial charge in [0.15, 0.2) is 0 Å². The summed E-state index contributed by atoms with van der Waals surface area (Å²) in [5.41, 5.74) is 1.84. The molecule has 0 spiro atoms. The average Bonchev–Trinajstić information content (AvgIpc) is 2.32. The Kier molecular flexibility index (Phi) is 3.50. The summed E-state index contributed by atoms with van der Waals surface area (Å²) < 4.78 is 0. The maximum absolute atomic E-state index is 11.8. The summed E-state index contributed by atoms with van der Waals surface area (Å²) in [6.07, 6.45) is 0.0721. The number of carbonyl (C=O) groups excluding carboxylic acids is 1. The third kappa shape index (κ3) is 2.61. The molecule has 2 amide bonds. The van der Waals surface area contributed by atoms with Crippen molar-refractivity contribution in [3.8, 4) is 0 Å². The topological polar surface area (TPSA) is 69.6 Å². The van der Waals surface area contributed by atoms with Crippen LogP contribution >= 0.6 is 0 Å².